The number of aliphatic hydroxyl groups excluding tert-OH is 1. The van der Waals surface area contributed by atoms with E-state index in [-0.39, 0.29) is 19.1 Å². The Hall–Kier alpha value is -4.27. The van der Waals surface area contributed by atoms with Crippen molar-refractivity contribution >= 4 is 34.2 Å². The summed E-state index contributed by atoms with van der Waals surface area (Å²) in [6, 6.07) is 20.9. The summed E-state index contributed by atoms with van der Waals surface area (Å²) in [6.07, 6.45) is 4.01. The zero-order chi connectivity index (χ0) is 30.4. The van der Waals surface area contributed by atoms with Crippen LogP contribution in [0.25, 0.3) is 10.8 Å². The summed E-state index contributed by atoms with van der Waals surface area (Å²) in [7, 11) is 0. The Morgan fingerprint density at radius 2 is 1.79 bits per heavy atom. The Kier molecular flexibility index (Phi) is 7.44. The van der Waals surface area contributed by atoms with Crippen LogP contribution in [0.1, 0.15) is 31.4 Å². The molecule has 43 heavy (non-hydrogen) atoms. The highest BCUT2D eigenvalue weighted by Gasteiger charge is 2.79. The molecule has 3 aromatic carbocycles. The van der Waals surface area contributed by atoms with E-state index in [4.69, 9.17) is 9.47 Å². The fourth-order valence-corrected chi connectivity index (χ4v) is 7.54. The third-order valence-corrected chi connectivity index (χ3v) is 9.36. The first kappa shape index (κ1) is 28.8. The van der Waals surface area contributed by atoms with Gasteiger partial charge in [-0.2, -0.15) is 0 Å². The molecule has 3 heterocycles. The van der Waals surface area contributed by atoms with E-state index in [2.05, 4.69) is 13.2 Å². The lowest BCUT2D eigenvalue weighted by Gasteiger charge is -2.39. The molecule has 3 aliphatic rings. The molecule has 1 spiro atoms. The van der Waals surface area contributed by atoms with E-state index in [1.165, 1.54) is 11.0 Å². The van der Waals surface area contributed by atoms with Crippen LogP contribution in [0.4, 0.5) is 5.69 Å². The fourth-order valence-electron chi connectivity index (χ4n) is 7.54. The first-order valence-electron chi connectivity index (χ1n) is 14.7. The van der Waals surface area contributed by atoms with Crippen molar-refractivity contribution in [2.75, 3.05) is 24.7 Å². The average molecular weight is 581 g/mol. The van der Waals surface area contributed by atoms with Gasteiger partial charge in [0, 0.05) is 12.2 Å². The van der Waals surface area contributed by atoms with Gasteiger partial charge in [-0.25, -0.2) is 0 Å². The third-order valence-electron chi connectivity index (χ3n) is 9.36. The van der Waals surface area contributed by atoms with Gasteiger partial charge in [0.05, 0.1) is 24.2 Å². The molecule has 2 amide bonds. The minimum Gasteiger partial charge on any atom is -0.461 e. The van der Waals surface area contributed by atoms with Crippen LogP contribution in [0.5, 0.6) is 0 Å². The molecule has 6 atom stereocenters. The van der Waals surface area contributed by atoms with Gasteiger partial charge in [-0.15, -0.1) is 6.58 Å². The van der Waals surface area contributed by atoms with E-state index in [0.29, 0.717) is 24.1 Å². The van der Waals surface area contributed by atoms with Crippen LogP contribution in [0.15, 0.2) is 98.1 Å². The van der Waals surface area contributed by atoms with Gasteiger partial charge in [0.1, 0.15) is 24.2 Å². The molecule has 3 fully saturated rings. The summed E-state index contributed by atoms with van der Waals surface area (Å²) >= 11 is 0. The highest BCUT2D eigenvalue weighted by atomic mass is 16.6. The zero-order valence-electron chi connectivity index (χ0n) is 24.2. The Labute approximate surface area is 251 Å². The Morgan fingerprint density at radius 3 is 2.49 bits per heavy atom. The van der Waals surface area contributed by atoms with Crippen molar-refractivity contribution in [3.63, 3.8) is 0 Å². The number of ether oxygens (including phenoxy) is 2. The number of amides is 2. The normalized spacial score (nSPS) is 28.0. The number of hydrogen-bond donors (Lipinski definition) is 1. The fraction of sp³-hybridized carbons (Fsp3) is 0.343. The van der Waals surface area contributed by atoms with Crippen LogP contribution in [-0.2, 0) is 23.9 Å². The Morgan fingerprint density at radius 1 is 1.07 bits per heavy atom. The minimum atomic E-state index is -1.28. The van der Waals surface area contributed by atoms with Crippen molar-refractivity contribution in [1.82, 2.24) is 4.90 Å². The van der Waals surface area contributed by atoms with Crippen molar-refractivity contribution in [3.8, 4) is 0 Å². The summed E-state index contributed by atoms with van der Waals surface area (Å²) in [6.45, 7) is 9.14. The van der Waals surface area contributed by atoms with Crippen LogP contribution < -0.4 is 4.90 Å². The maximum absolute atomic E-state index is 15.0. The lowest BCUT2D eigenvalue weighted by molar-refractivity contribution is -0.159. The number of likely N-dealkylation sites (tertiary alicyclic amines) is 1. The lowest BCUT2D eigenvalue weighted by Crippen LogP contribution is -2.57. The summed E-state index contributed by atoms with van der Waals surface area (Å²) < 4.78 is 12.2. The topological polar surface area (TPSA) is 96.4 Å². The number of hydrogen-bond acceptors (Lipinski definition) is 6. The van der Waals surface area contributed by atoms with Gasteiger partial charge in [-0.1, -0.05) is 79.4 Å². The van der Waals surface area contributed by atoms with Crippen molar-refractivity contribution in [1.29, 1.82) is 0 Å². The molecule has 2 bridgehead atoms. The van der Waals surface area contributed by atoms with Gasteiger partial charge < -0.3 is 24.4 Å². The molecule has 0 aliphatic carbocycles. The van der Waals surface area contributed by atoms with Gasteiger partial charge in [-0.05, 0) is 48.2 Å². The van der Waals surface area contributed by atoms with E-state index < -0.39 is 53.6 Å². The Bertz CT molecular complexity index is 1590. The van der Waals surface area contributed by atoms with E-state index >= 15 is 0 Å². The molecule has 8 heteroatoms. The number of carbonyl (C=O) groups excluding carboxylic acids is 3. The average Bonchev–Trinajstić information content (AvgIpc) is 3.60. The maximum Gasteiger partial charge on any atom is 0.313 e. The molecule has 1 N–H and O–H groups in total. The molecule has 3 aliphatic heterocycles. The second-order valence-corrected chi connectivity index (χ2v) is 11.8. The number of carbonyl (C=O) groups is 3. The molecule has 0 saturated carbocycles. The maximum atomic E-state index is 15.0. The van der Waals surface area contributed by atoms with E-state index in [0.717, 1.165) is 10.8 Å². The zero-order valence-corrected chi connectivity index (χ0v) is 24.2. The molecule has 0 aromatic heterocycles. The van der Waals surface area contributed by atoms with Crippen LogP contribution in [0.2, 0.25) is 0 Å². The summed E-state index contributed by atoms with van der Waals surface area (Å²) in [4.78, 5) is 46.1. The van der Waals surface area contributed by atoms with E-state index in [9.17, 15) is 19.5 Å². The molecular weight excluding hydrogens is 544 g/mol. The molecule has 222 valence electrons. The van der Waals surface area contributed by atoms with Crippen LogP contribution >= 0.6 is 0 Å². The van der Waals surface area contributed by atoms with Crippen molar-refractivity contribution < 1.29 is 29.0 Å². The number of nitrogens with zero attached hydrogens (tertiary/aromatic N) is 2. The smallest absolute Gasteiger partial charge is 0.313 e. The molecule has 2 unspecified atom stereocenters. The van der Waals surface area contributed by atoms with E-state index in [1.807, 2.05) is 79.7 Å². The predicted molar refractivity (Wildman–Crippen MR) is 163 cm³/mol. The third kappa shape index (κ3) is 4.48. The summed E-state index contributed by atoms with van der Waals surface area (Å²) in [5.41, 5.74) is -0.923. The quantitative estimate of drug-likeness (QED) is 0.279. The number of rotatable bonds is 10. The highest BCUT2D eigenvalue weighted by molar-refractivity contribution is 6.06. The highest BCUT2D eigenvalue weighted by Crippen LogP contribution is 2.64. The number of esters is 1. The van der Waals surface area contributed by atoms with Gasteiger partial charge >= 0.3 is 5.97 Å². The minimum absolute atomic E-state index is 0.00372. The first-order chi connectivity index (χ1) is 20.8. The molecule has 6 rings (SSSR count). The second kappa shape index (κ2) is 11.1. The molecule has 0 radical (unpaired) electrons. The van der Waals surface area contributed by atoms with Gasteiger partial charge in [-0.3, -0.25) is 14.4 Å². The number of anilines is 1. The van der Waals surface area contributed by atoms with Crippen molar-refractivity contribution in [2.45, 2.75) is 43.1 Å². The van der Waals surface area contributed by atoms with Gasteiger partial charge in [0.2, 0.25) is 5.91 Å². The molecule has 3 aromatic rings. The van der Waals surface area contributed by atoms with Crippen LogP contribution in [0.3, 0.4) is 0 Å². The number of fused-ring (bicyclic) bond motifs is 2. The SMILES string of the molecule is C=CCOC(=O)[C@@H]1[C@H]2C(=O)N([C@H](CO)c3ccccc3)C(C(=O)N(CC=C)c3ccc4ccccc4c3)C23CC[C@@]1(C)O3. The van der Waals surface area contributed by atoms with Crippen LogP contribution in [0, 0.1) is 11.8 Å². The lowest BCUT2D eigenvalue weighted by atomic mass is 9.66. The van der Waals surface area contributed by atoms with Crippen molar-refractivity contribution in [3.05, 3.63) is 104 Å². The Balaban J connectivity index is 1.49. The summed E-state index contributed by atoms with van der Waals surface area (Å²) in [5.74, 6) is -3.16. The monoisotopic (exact) mass is 580 g/mol. The number of benzene rings is 3. The van der Waals surface area contributed by atoms with Crippen molar-refractivity contribution in [2.24, 2.45) is 11.8 Å². The van der Waals surface area contributed by atoms with E-state index in [1.54, 1.807) is 11.0 Å². The number of aliphatic hydroxyl groups is 1. The van der Waals surface area contributed by atoms with Gasteiger partial charge in [0.25, 0.3) is 5.91 Å². The molecule has 8 nitrogen and oxygen atoms in total. The molecular formula is C35H36N2O6. The standard InChI is InChI=1S/C35H36N2O6/c1-4-19-36(26-16-15-23-11-9-10-14-25(23)21-26)32(40)30-35-18-17-34(3,43-35)29(33(41)42-20-5-2)28(35)31(39)37(30)27(22-38)24-12-7-6-8-13-24/h4-16,21,27-30,38H,1-2,17-20,22H2,3H3/t27-,28+,29+,30?,34-,35?/m1/s1. The van der Waals surface area contributed by atoms with Crippen LogP contribution in [-0.4, -0.2) is 64.8 Å². The first-order valence-corrected chi connectivity index (χ1v) is 14.7. The summed E-state index contributed by atoms with van der Waals surface area (Å²) in [5, 5.41) is 12.7. The second-order valence-electron chi connectivity index (χ2n) is 11.8. The predicted octanol–water partition coefficient (Wildman–Crippen LogP) is 4.59. The largest absolute Gasteiger partial charge is 0.461 e. The van der Waals surface area contributed by atoms with Gasteiger partial charge in [0.15, 0.2) is 0 Å². The molecule has 3 saturated heterocycles.